The van der Waals surface area contributed by atoms with E-state index in [-0.39, 0.29) is 0 Å². The molecule has 0 saturated heterocycles. The van der Waals surface area contributed by atoms with Gasteiger partial charge in [-0.15, -0.1) is 0 Å². The molecule has 0 aliphatic heterocycles. The standard InChI is InChI=1S/C21H18N2.C19H16N2O/c1-16-8-7-11-18(14-16)21-19-12-5-6-13-20(19)23(22-21)15-17-9-3-2-4-10-17;1-14-11-12-18(22-14)19-16-9-5-6-10-17(16)21(20-19)13-15-7-3-2-4-8-15/h2-14H,15H2,1H3;2-12H,13H2,1H3. The van der Waals surface area contributed by atoms with E-state index in [9.17, 15) is 0 Å². The first-order chi connectivity index (χ1) is 22.1. The zero-order valence-electron chi connectivity index (χ0n) is 25.5. The Morgan fingerprint density at radius 2 is 1.04 bits per heavy atom. The fraction of sp³-hybridized carbons (Fsp3) is 0.100. The normalized spacial score (nSPS) is 11.1. The quantitative estimate of drug-likeness (QED) is 0.195. The number of para-hydroxylation sites is 2. The fourth-order valence-corrected chi connectivity index (χ4v) is 5.76. The van der Waals surface area contributed by atoms with Gasteiger partial charge >= 0.3 is 0 Å². The summed E-state index contributed by atoms with van der Waals surface area (Å²) >= 11 is 0. The molecule has 0 aliphatic carbocycles. The van der Waals surface area contributed by atoms with Crippen LogP contribution in [-0.4, -0.2) is 19.6 Å². The summed E-state index contributed by atoms with van der Waals surface area (Å²) in [4.78, 5) is 0. The number of hydrogen-bond donors (Lipinski definition) is 0. The minimum atomic E-state index is 0.751. The van der Waals surface area contributed by atoms with Crippen LogP contribution in [0.3, 0.4) is 0 Å². The molecule has 220 valence electrons. The minimum absolute atomic E-state index is 0.751. The second-order valence-corrected chi connectivity index (χ2v) is 11.3. The van der Waals surface area contributed by atoms with Crippen molar-refractivity contribution in [1.82, 2.24) is 19.6 Å². The number of benzene rings is 5. The lowest BCUT2D eigenvalue weighted by atomic mass is 10.1. The molecule has 5 heteroatoms. The number of furan rings is 1. The number of hydrogen-bond acceptors (Lipinski definition) is 3. The van der Waals surface area contributed by atoms with E-state index in [2.05, 4.69) is 121 Å². The molecule has 3 heterocycles. The van der Waals surface area contributed by atoms with E-state index in [1.54, 1.807) is 0 Å². The SMILES string of the molecule is Cc1ccc(-c2nn(Cc3ccccc3)c3ccccc23)o1.Cc1cccc(-c2nn(Cc3ccccc3)c3ccccc23)c1. The van der Waals surface area contributed by atoms with Gasteiger partial charge in [0.25, 0.3) is 0 Å². The predicted octanol–water partition coefficient (Wildman–Crippen LogP) is 9.71. The maximum absolute atomic E-state index is 5.77. The van der Waals surface area contributed by atoms with Crippen molar-refractivity contribution in [2.45, 2.75) is 26.9 Å². The lowest BCUT2D eigenvalue weighted by Gasteiger charge is -2.03. The zero-order chi connectivity index (χ0) is 30.6. The van der Waals surface area contributed by atoms with Crippen molar-refractivity contribution in [1.29, 1.82) is 0 Å². The van der Waals surface area contributed by atoms with Crippen molar-refractivity contribution in [3.05, 3.63) is 168 Å². The molecule has 5 aromatic carbocycles. The fourth-order valence-electron chi connectivity index (χ4n) is 5.76. The summed E-state index contributed by atoms with van der Waals surface area (Å²) in [6.45, 7) is 5.60. The lowest BCUT2D eigenvalue weighted by molar-refractivity contribution is 0.544. The highest BCUT2D eigenvalue weighted by atomic mass is 16.3. The first-order valence-electron chi connectivity index (χ1n) is 15.3. The van der Waals surface area contributed by atoms with Crippen LogP contribution in [0.25, 0.3) is 44.5 Å². The van der Waals surface area contributed by atoms with Gasteiger partial charge in [0.05, 0.1) is 24.1 Å². The van der Waals surface area contributed by atoms with Gasteiger partial charge in [0, 0.05) is 16.3 Å². The maximum atomic E-state index is 5.77. The number of aromatic nitrogens is 4. The van der Waals surface area contributed by atoms with Gasteiger partial charge in [0.2, 0.25) is 0 Å². The summed E-state index contributed by atoms with van der Waals surface area (Å²) in [5.74, 6) is 1.72. The van der Waals surface area contributed by atoms with Crippen molar-refractivity contribution in [2.24, 2.45) is 0 Å². The van der Waals surface area contributed by atoms with E-state index >= 15 is 0 Å². The summed E-state index contributed by atoms with van der Waals surface area (Å²) in [5, 5.41) is 12.0. The Morgan fingerprint density at radius 3 is 1.60 bits per heavy atom. The lowest BCUT2D eigenvalue weighted by Crippen LogP contribution is -2.01. The zero-order valence-corrected chi connectivity index (χ0v) is 25.5. The van der Waals surface area contributed by atoms with Crippen molar-refractivity contribution >= 4 is 21.8 Å². The van der Waals surface area contributed by atoms with Crippen LogP contribution in [-0.2, 0) is 13.1 Å². The van der Waals surface area contributed by atoms with E-state index in [4.69, 9.17) is 14.6 Å². The Kier molecular flexibility index (Phi) is 7.81. The molecule has 45 heavy (non-hydrogen) atoms. The molecule has 0 amide bonds. The van der Waals surface area contributed by atoms with Crippen LogP contribution in [0.2, 0.25) is 0 Å². The average molecular weight is 587 g/mol. The van der Waals surface area contributed by atoms with Crippen LogP contribution in [0.1, 0.15) is 22.5 Å². The average Bonchev–Trinajstić information content (AvgIpc) is 3.78. The van der Waals surface area contributed by atoms with Gasteiger partial charge < -0.3 is 4.42 Å². The van der Waals surface area contributed by atoms with Crippen LogP contribution in [0.5, 0.6) is 0 Å². The highest BCUT2D eigenvalue weighted by Crippen LogP contribution is 2.30. The second kappa shape index (κ2) is 12.5. The van der Waals surface area contributed by atoms with Crippen LogP contribution in [0.4, 0.5) is 0 Å². The van der Waals surface area contributed by atoms with Crippen molar-refractivity contribution in [2.75, 3.05) is 0 Å². The summed E-state index contributed by atoms with van der Waals surface area (Å²) in [6, 6.07) is 50.1. The third kappa shape index (κ3) is 6.06. The van der Waals surface area contributed by atoms with E-state index in [0.717, 1.165) is 46.9 Å². The van der Waals surface area contributed by atoms with Crippen molar-refractivity contribution < 1.29 is 4.42 Å². The number of rotatable bonds is 6. The molecule has 0 aliphatic rings. The van der Waals surface area contributed by atoms with Gasteiger partial charge in [0.15, 0.2) is 5.76 Å². The third-order valence-corrected chi connectivity index (χ3v) is 7.93. The van der Waals surface area contributed by atoms with Crippen molar-refractivity contribution in [3.8, 4) is 22.7 Å². The molecular formula is C40H34N4O. The molecule has 0 saturated carbocycles. The van der Waals surface area contributed by atoms with E-state index < -0.39 is 0 Å². The molecular weight excluding hydrogens is 552 g/mol. The summed E-state index contributed by atoms with van der Waals surface area (Å²) in [7, 11) is 0. The van der Waals surface area contributed by atoms with Crippen molar-refractivity contribution in [3.63, 3.8) is 0 Å². The molecule has 0 bridgehead atoms. The Bertz CT molecular complexity index is 2190. The molecule has 8 aromatic rings. The first kappa shape index (κ1) is 28.1. The third-order valence-electron chi connectivity index (χ3n) is 7.93. The van der Waals surface area contributed by atoms with Gasteiger partial charge in [-0.1, -0.05) is 121 Å². The predicted molar refractivity (Wildman–Crippen MR) is 183 cm³/mol. The summed E-state index contributed by atoms with van der Waals surface area (Å²) < 4.78 is 9.90. The molecule has 0 spiro atoms. The number of nitrogens with zero attached hydrogens (tertiary/aromatic N) is 4. The Hall–Kier alpha value is -5.68. The summed E-state index contributed by atoms with van der Waals surface area (Å²) in [6.07, 6.45) is 0. The smallest absolute Gasteiger partial charge is 0.155 e. The van der Waals surface area contributed by atoms with Gasteiger partial charge in [-0.25, -0.2) is 0 Å². The monoisotopic (exact) mass is 586 g/mol. The maximum Gasteiger partial charge on any atom is 0.155 e. The first-order valence-corrected chi connectivity index (χ1v) is 15.3. The Labute approximate surface area is 263 Å². The second-order valence-electron chi connectivity index (χ2n) is 11.3. The molecule has 5 nitrogen and oxygen atoms in total. The van der Waals surface area contributed by atoms with Gasteiger partial charge in [-0.2, -0.15) is 10.2 Å². The summed E-state index contributed by atoms with van der Waals surface area (Å²) in [5.41, 5.74) is 9.18. The Morgan fingerprint density at radius 1 is 0.511 bits per heavy atom. The van der Waals surface area contributed by atoms with Crippen LogP contribution in [0, 0.1) is 13.8 Å². The molecule has 0 N–H and O–H groups in total. The van der Waals surface area contributed by atoms with Gasteiger partial charge in [0.1, 0.15) is 17.1 Å². The molecule has 3 aromatic heterocycles. The van der Waals surface area contributed by atoms with Gasteiger partial charge in [-0.3, -0.25) is 9.36 Å². The number of aryl methyl sites for hydroxylation is 2. The van der Waals surface area contributed by atoms with Crippen LogP contribution in [0.15, 0.2) is 150 Å². The van der Waals surface area contributed by atoms with E-state index in [1.807, 2.05) is 48.0 Å². The molecule has 8 rings (SSSR count). The van der Waals surface area contributed by atoms with E-state index in [1.165, 1.54) is 33.2 Å². The molecule has 0 radical (unpaired) electrons. The largest absolute Gasteiger partial charge is 0.460 e. The molecule has 0 fully saturated rings. The highest BCUT2D eigenvalue weighted by Gasteiger charge is 2.15. The topological polar surface area (TPSA) is 48.8 Å². The van der Waals surface area contributed by atoms with E-state index in [0.29, 0.717) is 0 Å². The molecule has 0 atom stereocenters. The van der Waals surface area contributed by atoms with Crippen LogP contribution >= 0.6 is 0 Å². The van der Waals surface area contributed by atoms with Gasteiger partial charge in [-0.05, 0) is 55.3 Å². The van der Waals surface area contributed by atoms with Crippen LogP contribution < -0.4 is 0 Å². The minimum Gasteiger partial charge on any atom is -0.460 e. The Balaban J connectivity index is 0.000000145. The molecule has 0 unspecified atom stereocenters. The highest BCUT2D eigenvalue weighted by molar-refractivity contribution is 5.93. The number of fused-ring (bicyclic) bond motifs is 2.